The fraction of sp³-hybridized carbons (Fsp3) is 0.615. The average molecular weight is 330 g/mol. The molecule has 2 fully saturated rings. The molecule has 3 rings (SSSR count). The predicted molar refractivity (Wildman–Crippen MR) is 79.3 cm³/mol. The van der Waals surface area contributed by atoms with Crippen molar-refractivity contribution in [3.8, 4) is 0 Å². The van der Waals surface area contributed by atoms with Crippen molar-refractivity contribution < 1.29 is 18.3 Å². The topological polar surface area (TPSA) is 86.7 Å². The Bertz CT molecular complexity index is 668. The molecule has 1 aromatic rings. The predicted octanol–water partition coefficient (Wildman–Crippen LogP) is 1.27. The fourth-order valence-corrected chi connectivity index (χ4v) is 6.05. The maximum Gasteiger partial charge on any atom is 0.345 e. The van der Waals surface area contributed by atoms with Crippen molar-refractivity contribution in [1.82, 2.24) is 9.62 Å². The van der Waals surface area contributed by atoms with E-state index in [1.165, 1.54) is 6.07 Å². The van der Waals surface area contributed by atoms with Gasteiger partial charge in [0, 0.05) is 23.5 Å². The minimum absolute atomic E-state index is 0.0572. The molecule has 116 valence electrons. The summed E-state index contributed by atoms with van der Waals surface area (Å²) < 4.78 is 27.8. The molecule has 21 heavy (non-hydrogen) atoms. The van der Waals surface area contributed by atoms with Gasteiger partial charge in [-0.1, -0.05) is 0 Å². The van der Waals surface area contributed by atoms with Gasteiger partial charge in [0.15, 0.2) is 0 Å². The van der Waals surface area contributed by atoms with Gasteiger partial charge in [-0.05, 0) is 38.8 Å². The lowest BCUT2D eigenvalue weighted by molar-refractivity contribution is 0.0702. The molecule has 2 aliphatic rings. The minimum Gasteiger partial charge on any atom is -0.477 e. The smallest absolute Gasteiger partial charge is 0.345 e. The highest BCUT2D eigenvalue weighted by molar-refractivity contribution is 7.89. The van der Waals surface area contributed by atoms with E-state index in [-0.39, 0.29) is 21.9 Å². The highest BCUT2D eigenvalue weighted by Gasteiger charge is 2.39. The van der Waals surface area contributed by atoms with Crippen molar-refractivity contribution in [3.63, 3.8) is 0 Å². The number of carboxylic acids is 1. The van der Waals surface area contributed by atoms with E-state index in [0.29, 0.717) is 4.88 Å². The molecule has 2 atom stereocenters. The molecule has 2 unspecified atom stereocenters. The summed E-state index contributed by atoms with van der Waals surface area (Å²) in [5.41, 5.74) is 0. The fourth-order valence-electron chi connectivity index (χ4n) is 3.32. The number of nitrogens with one attached hydrogen (secondary N) is 1. The lowest BCUT2D eigenvalue weighted by Gasteiger charge is -2.21. The molecule has 0 aromatic carbocycles. The van der Waals surface area contributed by atoms with Gasteiger partial charge in [0.05, 0.1) is 4.90 Å². The Balaban J connectivity index is 1.82. The van der Waals surface area contributed by atoms with E-state index in [1.54, 1.807) is 6.92 Å². The number of rotatable bonds is 4. The van der Waals surface area contributed by atoms with E-state index < -0.39 is 16.0 Å². The van der Waals surface area contributed by atoms with E-state index in [0.717, 1.165) is 43.7 Å². The molecule has 2 saturated heterocycles. The third kappa shape index (κ3) is 2.73. The first-order valence-corrected chi connectivity index (χ1v) is 9.28. The number of hydrogen-bond acceptors (Lipinski definition) is 5. The third-order valence-corrected chi connectivity index (χ3v) is 7.07. The molecule has 0 amide bonds. The minimum atomic E-state index is -3.66. The van der Waals surface area contributed by atoms with Crippen LogP contribution >= 0.6 is 11.3 Å². The Kier molecular flexibility index (Phi) is 3.81. The van der Waals surface area contributed by atoms with Gasteiger partial charge in [0.1, 0.15) is 4.88 Å². The van der Waals surface area contributed by atoms with E-state index in [2.05, 4.69) is 9.62 Å². The zero-order chi connectivity index (χ0) is 15.2. The number of sulfonamides is 1. The summed E-state index contributed by atoms with van der Waals surface area (Å²) in [6.45, 7) is 3.62. The quantitative estimate of drug-likeness (QED) is 0.868. The zero-order valence-electron chi connectivity index (χ0n) is 11.7. The molecule has 0 bridgehead atoms. The van der Waals surface area contributed by atoms with Gasteiger partial charge in [-0.15, -0.1) is 11.3 Å². The zero-order valence-corrected chi connectivity index (χ0v) is 13.3. The molecular weight excluding hydrogens is 312 g/mol. The molecule has 1 aromatic heterocycles. The van der Waals surface area contributed by atoms with Gasteiger partial charge in [-0.3, -0.25) is 4.90 Å². The standard InChI is InChI=1S/C13H18N2O4S2/c1-8-12(7-11(20-8)13(16)17)21(18,19)14-9-4-6-15-5-2-3-10(9)15/h7,9-10,14H,2-6H2,1H3,(H,16,17). The summed E-state index contributed by atoms with van der Waals surface area (Å²) in [7, 11) is -3.66. The third-order valence-electron chi connectivity index (χ3n) is 4.29. The number of nitrogens with zero attached hydrogens (tertiary/aromatic N) is 1. The summed E-state index contributed by atoms with van der Waals surface area (Å²) in [5.74, 6) is -1.09. The van der Waals surface area contributed by atoms with E-state index in [9.17, 15) is 13.2 Å². The maximum absolute atomic E-state index is 12.5. The van der Waals surface area contributed by atoms with Crippen LogP contribution in [0.1, 0.15) is 33.8 Å². The second-order valence-electron chi connectivity index (χ2n) is 5.60. The first-order chi connectivity index (χ1) is 9.88. The average Bonchev–Trinajstić information content (AvgIpc) is 3.06. The van der Waals surface area contributed by atoms with Crippen LogP contribution < -0.4 is 4.72 Å². The Hall–Kier alpha value is -0.960. The largest absolute Gasteiger partial charge is 0.477 e. The summed E-state index contributed by atoms with van der Waals surface area (Å²) in [6.07, 6.45) is 2.96. The second kappa shape index (κ2) is 5.35. The molecule has 0 saturated carbocycles. The Labute approximate surface area is 127 Å². The number of carboxylic acid groups (broad SMARTS) is 1. The van der Waals surface area contributed by atoms with Crippen molar-refractivity contribution >= 4 is 27.3 Å². The van der Waals surface area contributed by atoms with Crippen LogP contribution in [0, 0.1) is 6.92 Å². The molecule has 2 aliphatic heterocycles. The van der Waals surface area contributed by atoms with Crippen molar-refractivity contribution in [1.29, 1.82) is 0 Å². The molecule has 2 N–H and O–H groups in total. The van der Waals surface area contributed by atoms with E-state index in [1.807, 2.05) is 0 Å². The van der Waals surface area contributed by atoms with Gasteiger partial charge in [0.2, 0.25) is 10.0 Å². The number of thiophene rings is 1. The molecule has 0 radical (unpaired) electrons. The highest BCUT2D eigenvalue weighted by Crippen LogP contribution is 2.31. The van der Waals surface area contributed by atoms with Gasteiger partial charge in [-0.2, -0.15) is 0 Å². The van der Waals surface area contributed by atoms with Crippen LogP contribution in [0.25, 0.3) is 0 Å². The lowest BCUT2D eigenvalue weighted by atomic mass is 10.1. The van der Waals surface area contributed by atoms with Crippen LogP contribution in [0.15, 0.2) is 11.0 Å². The number of aryl methyl sites for hydroxylation is 1. The normalized spacial score (nSPS) is 26.1. The Morgan fingerprint density at radius 1 is 1.43 bits per heavy atom. The van der Waals surface area contributed by atoms with Crippen LogP contribution in [-0.4, -0.2) is 49.6 Å². The lowest BCUT2D eigenvalue weighted by Crippen LogP contribution is -2.42. The summed E-state index contributed by atoms with van der Waals surface area (Å²) >= 11 is 0.998. The number of aromatic carboxylic acids is 1. The molecular formula is C13H18N2O4S2. The van der Waals surface area contributed by atoms with Gasteiger partial charge in [0.25, 0.3) is 0 Å². The Morgan fingerprint density at radius 3 is 2.86 bits per heavy atom. The molecule has 3 heterocycles. The van der Waals surface area contributed by atoms with Crippen molar-refractivity contribution in [2.75, 3.05) is 13.1 Å². The highest BCUT2D eigenvalue weighted by atomic mass is 32.2. The monoisotopic (exact) mass is 330 g/mol. The van der Waals surface area contributed by atoms with Crippen LogP contribution in [0.4, 0.5) is 0 Å². The summed E-state index contributed by atoms with van der Waals surface area (Å²) in [6, 6.07) is 1.48. The van der Waals surface area contributed by atoms with Crippen LogP contribution in [0.3, 0.4) is 0 Å². The molecule has 8 heteroatoms. The van der Waals surface area contributed by atoms with Crippen LogP contribution in [0.5, 0.6) is 0 Å². The van der Waals surface area contributed by atoms with Crippen molar-refractivity contribution in [2.45, 2.75) is 43.2 Å². The van der Waals surface area contributed by atoms with Gasteiger partial charge < -0.3 is 5.11 Å². The molecule has 0 aliphatic carbocycles. The van der Waals surface area contributed by atoms with Gasteiger partial charge in [-0.25, -0.2) is 17.9 Å². The summed E-state index contributed by atoms with van der Waals surface area (Å²) in [5, 5.41) is 8.98. The number of carbonyl (C=O) groups is 1. The van der Waals surface area contributed by atoms with Crippen molar-refractivity contribution in [2.24, 2.45) is 0 Å². The first kappa shape index (κ1) is 15.0. The molecule has 0 spiro atoms. The SMILES string of the molecule is Cc1sc(C(=O)O)cc1S(=O)(=O)NC1CCN2CCCC12. The van der Waals surface area contributed by atoms with Crippen LogP contribution in [0.2, 0.25) is 0 Å². The van der Waals surface area contributed by atoms with Gasteiger partial charge >= 0.3 is 5.97 Å². The van der Waals surface area contributed by atoms with Crippen LogP contribution in [-0.2, 0) is 10.0 Å². The Morgan fingerprint density at radius 2 is 2.19 bits per heavy atom. The second-order valence-corrected chi connectivity index (χ2v) is 8.54. The molecule has 6 nitrogen and oxygen atoms in total. The summed E-state index contributed by atoms with van der Waals surface area (Å²) in [4.78, 5) is 14.0. The van der Waals surface area contributed by atoms with Crippen molar-refractivity contribution in [3.05, 3.63) is 15.8 Å². The number of fused-ring (bicyclic) bond motifs is 1. The number of hydrogen-bond donors (Lipinski definition) is 2. The first-order valence-electron chi connectivity index (χ1n) is 6.98. The van der Waals surface area contributed by atoms with E-state index >= 15 is 0 Å². The van der Waals surface area contributed by atoms with E-state index in [4.69, 9.17) is 5.11 Å². The maximum atomic E-state index is 12.5.